The zero-order valence-corrected chi connectivity index (χ0v) is 13.1. The van der Waals surface area contributed by atoms with Gasteiger partial charge in [0.1, 0.15) is 0 Å². The van der Waals surface area contributed by atoms with Crippen molar-refractivity contribution in [1.82, 2.24) is 10.2 Å². The molecule has 2 fully saturated rings. The molecular weight excluding hydrogens is 305 g/mol. The lowest BCUT2D eigenvalue weighted by Gasteiger charge is -2.20. The summed E-state index contributed by atoms with van der Waals surface area (Å²) in [5.41, 5.74) is -0.0923. The summed E-state index contributed by atoms with van der Waals surface area (Å²) in [5, 5.41) is 3.33. The third kappa shape index (κ3) is 3.52. The first kappa shape index (κ1) is 16.3. The van der Waals surface area contributed by atoms with Crippen LogP contribution in [-0.2, 0) is 11.0 Å². The zero-order chi connectivity index (χ0) is 16.6. The minimum absolute atomic E-state index is 0.0457. The highest BCUT2D eigenvalue weighted by molar-refractivity contribution is 5.77. The van der Waals surface area contributed by atoms with E-state index < -0.39 is 11.7 Å². The van der Waals surface area contributed by atoms with Gasteiger partial charge in [0.25, 0.3) is 0 Å². The van der Waals surface area contributed by atoms with Gasteiger partial charge in [-0.15, -0.1) is 0 Å². The minimum Gasteiger partial charge on any atom is -0.342 e. The van der Waals surface area contributed by atoms with E-state index in [2.05, 4.69) is 5.32 Å². The molecule has 6 heteroatoms. The second-order valence-corrected chi connectivity index (χ2v) is 6.71. The van der Waals surface area contributed by atoms with Gasteiger partial charge >= 0.3 is 6.18 Å². The van der Waals surface area contributed by atoms with Crippen molar-refractivity contribution in [2.75, 3.05) is 26.2 Å². The molecule has 2 saturated heterocycles. The van der Waals surface area contributed by atoms with Gasteiger partial charge in [-0.25, -0.2) is 0 Å². The predicted molar refractivity (Wildman–Crippen MR) is 80.9 cm³/mol. The van der Waals surface area contributed by atoms with Crippen LogP contribution in [0, 0.1) is 11.8 Å². The van der Waals surface area contributed by atoms with Gasteiger partial charge in [0, 0.05) is 32.6 Å². The first-order chi connectivity index (χ1) is 10.8. The van der Waals surface area contributed by atoms with Crippen LogP contribution < -0.4 is 5.32 Å². The van der Waals surface area contributed by atoms with Crippen molar-refractivity contribution in [3.63, 3.8) is 0 Å². The molecule has 1 amide bonds. The number of carbonyl (C=O) groups excluding carboxylic acids is 1. The Morgan fingerprint density at radius 2 is 1.96 bits per heavy atom. The van der Waals surface area contributed by atoms with Crippen molar-refractivity contribution in [1.29, 1.82) is 0 Å². The molecule has 0 aromatic heterocycles. The molecule has 3 nitrogen and oxygen atoms in total. The number of amides is 1. The molecule has 2 aliphatic heterocycles. The predicted octanol–water partition coefficient (Wildman–Crippen LogP) is 2.88. The van der Waals surface area contributed by atoms with Crippen LogP contribution in [0.1, 0.15) is 30.4 Å². The van der Waals surface area contributed by atoms with Crippen molar-refractivity contribution in [2.24, 2.45) is 11.8 Å². The molecule has 0 radical (unpaired) electrons. The number of benzene rings is 1. The smallest absolute Gasteiger partial charge is 0.342 e. The normalized spacial score (nSPS) is 25.5. The summed E-state index contributed by atoms with van der Waals surface area (Å²) in [6.07, 6.45) is -4.09. The van der Waals surface area contributed by atoms with Gasteiger partial charge in [-0.05, 0) is 29.4 Å². The van der Waals surface area contributed by atoms with Crippen LogP contribution in [0.3, 0.4) is 0 Å². The lowest BCUT2D eigenvalue weighted by Crippen LogP contribution is -2.32. The van der Waals surface area contributed by atoms with Crippen LogP contribution >= 0.6 is 0 Å². The Balaban J connectivity index is 1.63. The van der Waals surface area contributed by atoms with E-state index in [9.17, 15) is 18.0 Å². The number of alkyl halides is 3. The van der Waals surface area contributed by atoms with Gasteiger partial charge in [-0.1, -0.05) is 25.1 Å². The van der Waals surface area contributed by atoms with Crippen LogP contribution in [0.2, 0.25) is 0 Å². The first-order valence-corrected chi connectivity index (χ1v) is 8.00. The van der Waals surface area contributed by atoms with Crippen LogP contribution in [0.15, 0.2) is 24.3 Å². The highest BCUT2D eigenvalue weighted by Gasteiger charge is 2.38. The van der Waals surface area contributed by atoms with Crippen molar-refractivity contribution < 1.29 is 18.0 Å². The number of nitrogens with one attached hydrogen (secondary N) is 1. The van der Waals surface area contributed by atoms with Crippen molar-refractivity contribution in [2.45, 2.75) is 25.4 Å². The number of hydrogen-bond donors (Lipinski definition) is 1. The molecule has 126 valence electrons. The van der Waals surface area contributed by atoms with E-state index in [1.165, 1.54) is 6.07 Å². The van der Waals surface area contributed by atoms with Gasteiger partial charge in [-0.2, -0.15) is 13.2 Å². The molecule has 3 atom stereocenters. The third-order valence-corrected chi connectivity index (χ3v) is 5.01. The molecule has 1 aromatic rings. The Kier molecular flexibility index (Phi) is 4.36. The van der Waals surface area contributed by atoms with Crippen LogP contribution in [0.4, 0.5) is 13.2 Å². The molecule has 0 spiro atoms. The summed E-state index contributed by atoms with van der Waals surface area (Å²) in [6.45, 7) is 5.26. The molecule has 1 N–H and O–H groups in total. The fourth-order valence-corrected chi connectivity index (χ4v) is 3.59. The maximum atomic E-state index is 12.8. The maximum Gasteiger partial charge on any atom is 0.416 e. The summed E-state index contributed by atoms with van der Waals surface area (Å²) in [6, 6.07) is 5.29. The Labute approximate surface area is 133 Å². The average molecular weight is 326 g/mol. The minimum atomic E-state index is -4.35. The monoisotopic (exact) mass is 326 g/mol. The second-order valence-electron chi connectivity index (χ2n) is 6.71. The number of nitrogens with zero attached hydrogens (tertiary/aromatic N) is 1. The molecule has 1 aromatic carbocycles. The number of halogens is 3. The Morgan fingerprint density at radius 3 is 2.57 bits per heavy atom. The standard InChI is InChI=1S/C17H21F3N2O/c1-11(12-3-2-4-15(6-12)17(18,19)20)5-16(23)22-9-13-7-21-8-14(13)10-22/h2-4,6,11,13-14,21H,5,7-10H2,1H3/t11?,13-,14+. The molecule has 3 rings (SSSR count). The number of likely N-dealkylation sites (tertiary alicyclic amines) is 1. The fourth-order valence-electron chi connectivity index (χ4n) is 3.59. The highest BCUT2D eigenvalue weighted by Crippen LogP contribution is 2.32. The number of carbonyl (C=O) groups is 1. The van der Waals surface area contributed by atoms with E-state index in [1.54, 1.807) is 6.07 Å². The van der Waals surface area contributed by atoms with E-state index in [1.807, 2.05) is 11.8 Å². The Bertz CT molecular complexity index is 575. The average Bonchev–Trinajstić information content (AvgIpc) is 3.07. The molecule has 23 heavy (non-hydrogen) atoms. The quantitative estimate of drug-likeness (QED) is 0.926. The van der Waals surface area contributed by atoms with Crippen LogP contribution in [-0.4, -0.2) is 37.0 Å². The van der Waals surface area contributed by atoms with Gasteiger partial charge < -0.3 is 10.2 Å². The van der Waals surface area contributed by atoms with Gasteiger partial charge in [0.05, 0.1) is 5.56 Å². The van der Waals surface area contributed by atoms with Crippen LogP contribution in [0.25, 0.3) is 0 Å². The van der Waals surface area contributed by atoms with Crippen molar-refractivity contribution in [3.8, 4) is 0 Å². The molecule has 2 heterocycles. The first-order valence-electron chi connectivity index (χ1n) is 8.00. The van der Waals surface area contributed by atoms with Gasteiger partial charge in [0.2, 0.25) is 5.91 Å². The number of fused-ring (bicyclic) bond motifs is 1. The van der Waals surface area contributed by atoms with Crippen molar-refractivity contribution >= 4 is 5.91 Å². The largest absolute Gasteiger partial charge is 0.416 e. The highest BCUT2D eigenvalue weighted by atomic mass is 19.4. The topological polar surface area (TPSA) is 32.3 Å². The van der Waals surface area contributed by atoms with E-state index in [4.69, 9.17) is 0 Å². The van der Waals surface area contributed by atoms with E-state index in [0.717, 1.165) is 38.3 Å². The summed E-state index contributed by atoms with van der Waals surface area (Å²) in [7, 11) is 0. The Hall–Kier alpha value is -1.56. The molecule has 0 bridgehead atoms. The maximum absolute atomic E-state index is 12.8. The van der Waals surface area contributed by atoms with E-state index in [-0.39, 0.29) is 18.2 Å². The molecule has 0 saturated carbocycles. The third-order valence-electron chi connectivity index (χ3n) is 5.01. The van der Waals surface area contributed by atoms with Crippen molar-refractivity contribution in [3.05, 3.63) is 35.4 Å². The summed E-state index contributed by atoms with van der Waals surface area (Å²) < 4.78 is 38.4. The molecular formula is C17H21F3N2O. The molecule has 2 aliphatic rings. The SMILES string of the molecule is CC(CC(=O)N1C[C@H]2CNC[C@H]2C1)c1cccc(C(F)(F)F)c1. The van der Waals surface area contributed by atoms with Gasteiger partial charge in [-0.3, -0.25) is 4.79 Å². The lowest BCUT2D eigenvalue weighted by molar-refractivity contribution is -0.137. The summed E-state index contributed by atoms with van der Waals surface area (Å²) in [4.78, 5) is 14.3. The zero-order valence-electron chi connectivity index (χ0n) is 13.1. The second kappa shape index (κ2) is 6.15. The van der Waals surface area contributed by atoms with E-state index >= 15 is 0 Å². The van der Waals surface area contributed by atoms with Crippen LogP contribution in [0.5, 0.6) is 0 Å². The number of hydrogen-bond acceptors (Lipinski definition) is 2. The van der Waals surface area contributed by atoms with Gasteiger partial charge in [0.15, 0.2) is 0 Å². The lowest BCUT2D eigenvalue weighted by atomic mass is 9.95. The Morgan fingerprint density at radius 1 is 1.30 bits per heavy atom. The molecule has 0 aliphatic carbocycles. The summed E-state index contributed by atoms with van der Waals surface area (Å²) >= 11 is 0. The van der Waals surface area contributed by atoms with E-state index in [0.29, 0.717) is 17.4 Å². The summed E-state index contributed by atoms with van der Waals surface area (Å²) in [5.74, 6) is 0.887. The number of rotatable bonds is 3. The molecule has 1 unspecified atom stereocenters. The fraction of sp³-hybridized carbons (Fsp3) is 0.588.